The van der Waals surface area contributed by atoms with Crippen molar-refractivity contribution in [2.45, 2.75) is 12.4 Å². The minimum Gasteiger partial charge on any atom is -0.306 e. The molecule has 1 N–H and O–H groups in total. The molecule has 0 saturated carbocycles. The van der Waals surface area contributed by atoms with Crippen molar-refractivity contribution >= 4 is 16.7 Å². The van der Waals surface area contributed by atoms with E-state index in [0.29, 0.717) is 16.8 Å². The lowest BCUT2D eigenvalue weighted by Crippen LogP contribution is -2.16. The molecule has 0 fully saturated rings. The van der Waals surface area contributed by atoms with Crippen LogP contribution in [-0.2, 0) is 12.4 Å². The van der Waals surface area contributed by atoms with Crippen LogP contribution in [-0.4, -0.2) is 19.6 Å². The van der Waals surface area contributed by atoms with Crippen molar-refractivity contribution in [3.05, 3.63) is 39.9 Å². The number of H-pyrrole nitrogens is 1. The number of hydrogen-bond donors (Lipinski definition) is 1. The van der Waals surface area contributed by atoms with Crippen LogP contribution in [0.4, 0.5) is 26.3 Å². The SMILES string of the molecule is O=c1[nH]c2c(C(F)(F)F)cnn2c2nc(C(F)(F)F)ccc12. The first-order valence-electron chi connectivity index (χ1n) is 5.64. The summed E-state index contributed by atoms with van der Waals surface area (Å²) in [5.74, 6) is 0. The predicted octanol–water partition coefficient (Wildman–Crippen LogP) is 2.61. The van der Waals surface area contributed by atoms with Crippen molar-refractivity contribution in [2.75, 3.05) is 0 Å². The molecule has 0 unspecified atom stereocenters. The third kappa shape index (κ3) is 2.09. The van der Waals surface area contributed by atoms with Crippen molar-refractivity contribution in [2.24, 2.45) is 0 Å². The highest BCUT2D eigenvalue weighted by Crippen LogP contribution is 2.32. The van der Waals surface area contributed by atoms with Gasteiger partial charge in [-0.3, -0.25) is 4.79 Å². The highest BCUT2D eigenvalue weighted by atomic mass is 19.4. The molecule has 0 amide bonds. The quantitative estimate of drug-likeness (QED) is 0.647. The number of nitrogens with one attached hydrogen (secondary N) is 1. The van der Waals surface area contributed by atoms with Crippen LogP contribution in [0, 0.1) is 0 Å². The van der Waals surface area contributed by atoms with Crippen LogP contribution in [0.3, 0.4) is 0 Å². The Hall–Kier alpha value is -2.59. The highest BCUT2D eigenvalue weighted by molar-refractivity contribution is 5.77. The molecule has 0 aliphatic rings. The van der Waals surface area contributed by atoms with Crippen LogP contribution in [0.2, 0.25) is 0 Å². The number of nitrogens with zero attached hydrogens (tertiary/aromatic N) is 3. The molecule has 11 heteroatoms. The van der Waals surface area contributed by atoms with E-state index in [2.05, 4.69) is 10.1 Å². The zero-order chi connectivity index (χ0) is 16.3. The van der Waals surface area contributed by atoms with Crippen LogP contribution in [0.5, 0.6) is 0 Å². The largest absolute Gasteiger partial charge is 0.433 e. The molecule has 0 spiro atoms. The lowest BCUT2D eigenvalue weighted by molar-refractivity contribution is -0.141. The maximum absolute atomic E-state index is 12.8. The fourth-order valence-electron chi connectivity index (χ4n) is 1.96. The Kier molecular flexibility index (Phi) is 2.75. The second-order valence-corrected chi connectivity index (χ2v) is 4.34. The van der Waals surface area contributed by atoms with Gasteiger partial charge in [-0.1, -0.05) is 0 Å². The first-order chi connectivity index (χ1) is 10.1. The summed E-state index contributed by atoms with van der Waals surface area (Å²) in [6.45, 7) is 0. The van der Waals surface area contributed by atoms with Gasteiger partial charge in [-0.25, -0.2) is 4.98 Å². The number of pyridine rings is 1. The lowest BCUT2D eigenvalue weighted by atomic mass is 10.2. The molecule has 3 heterocycles. The zero-order valence-corrected chi connectivity index (χ0v) is 10.2. The Labute approximate surface area is 116 Å². The van der Waals surface area contributed by atoms with Gasteiger partial charge in [-0.15, -0.1) is 0 Å². The fraction of sp³-hybridized carbons (Fsp3) is 0.182. The van der Waals surface area contributed by atoms with Crippen LogP contribution in [0.1, 0.15) is 11.3 Å². The number of fused-ring (bicyclic) bond motifs is 3. The maximum Gasteiger partial charge on any atom is 0.433 e. The molecular formula is C11H4F6N4O. The van der Waals surface area contributed by atoms with Crippen molar-refractivity contribution in [1.29, 1.82) is 0 Å². The van der Waals surface area contributed by atoms with E-state index in [9.17, 15) is 31.1 Å². The van der Waals surface area contributed by atoms with E-state index in [-0.39, 0.29) is 5.39 Å². The number of alkyl halides is 6. The summed E-state index contributed by atoms with van der Waals surface area (Å²) >= 11 is 0. The lowest BCUT2D eigenvalue weighted by Gasteiger charge is -2.08. The molecule has 0 aliphatic heterocycles. The second-order valence-electron chi connectivity index (χ2n) is 4.34. The molecule has 0 aromatic carbocycles. The van der Waals surface area contributed by atoms with Gasteiger partial charge in [0.2, 0.25) is 0 Å². The average Bonchev–Trinajstić information content (AvgIpc) is 2.81. The molecule has 3 aromatic rings. The first kappa shape index (κ1) is 14.4. The Balaban J connectivity index is 2.44. The molecule has 0 atom stereocenters. The standard InChI is InChI=1S/C11H4F6N4O/c12-10(13,14)5-3-18-21-7-4(9(22)20-8(5)21)1-2-6(19-7)11(15,16)17/h1-3H,(H,20,22). The summed E-state index contributed by atoms with van der Waals surface area (Å²) in [7, 11) is 0. The molecular weight excluding hydrogens is 318 g/mol. The predicted molar refractivity (Wildman–Crippen MR) is 61.1 cm³/mol. The molecule has 116 valence electrons. The monoisotopic (exact) mass is 322 g/mol. The van der Waals surface area contributed by atoms with Gasteiger partial charge in [-0.2, -0.15) is 36.0 Å². The maximum atomic E-state index is 12.8. The summed E-state index contributed by atoms with van der Waals surface area (Å²) in [4.78, 5) is 16.9. The number of hydrogen-bond acceptors (Lipinski definition) is 3. The van der Waals surface area contributed by atoms with E-state index in [1.54, 1.807) is 0 Å². The third-order valence-corrected chi connectivity index (χ3v) is 2.92. The minimum atomic E-state index is -4.82. The van der Waals surface area contributed by atoms with Crippen molar-refractivity contribution < 1.29 is 26.3 Å². The molecule has 0 aliphatic carbocycles. The zero-order valence-electron chi connectivity index (χ0n) is 10.2. The number of aromatic nitrogens is 4. The van der Waals surface area contributed by atoms with Gasteiger partial charge in [0, 0.05) is 0 Å². The van der Waals surface area contributed by atoms with Gasteiger partial charge in [0.1, 0.15) is 11.3 Å². The van der Waals surface area contributed by atoms with E-state index >= 15 is 0 Å². The fourth-order valence-corrected chi connectivity index (χ4v) is 1.96. The molecule has 0 saturated heterocycles. The summed E-state index contributed by atoms with van der Waals surface area (Å²) < 4.78 is 76.8. The van der Waals surface area contributed by atoms with E-state index in [4.69, 9.17) is 0 Å². The van der Waals surface area contributed by atoms with E-state index in [0.717, 1.165) is 6.07 Å². The van der Waals surface area contributed by atoms with E-state index < -0.39 is 40.5 Å². The topological polar surface area (TPSA) is 63.0 Å². The minimum absolute atomic E-state index is 0.308. The van der Waals surface area contributed by atoms with Crippen molar-refractivity contribution in [3.63, 3.8) is 0 Å². The summed E-state index contributed by atoms with van der Waals surface area (Å²) in [6.07, 6.45) is -9.21. The van der Waals surface area contributed by atoms with Gasteiger partial charge in [-0.05, 0) is 12.1 Å². The first-order valence-corrected chi connectivity index (χ1v) is 5.64. The average molecular weight is 322 g/mol. The van der Waals surface area contributed by atoms with Gasteiger partial charge in [0.25, 0.3) is 5.56 Å². The summed E-state index contributed by atoms with van der Waals surface area (Å²) in [6, 6.07) is 1.40. The number of halogens is 6. The molecule has 0 bridgehead atoms. The van der Waals surface area contributed by atoms with Crippen molar-refractivity contribution in [3.8, 4) is 0 Å². The highest BCUT2D eigenvalue weighted by Gasteiger charge is 2.36. The molecule has 0 radical (unpaired) electrons. The van der Waals surface area contributed by atoms with Crippen LogP contribution in [0.25, 0.3) is 16.7 Å². The second kappa shape index (κ2) is 4.21. The molecule has 5 nitrogen and oxygen atoms in total. The van der Waals surface area contributed by atoms with Crippen LogP contribution < -0.4 is 5.56 Å². The van der Waals surface area contributed by atoms with E-state index in [1.165, 1.54) is 0 Å². The summed E-state index contributed by atoms with van der Waals surface area (Å²) in [5, 5.41) is 3.07. The third-order valence-electron chi connectivity index (χ3n) is 2.92. The van der Waals surface area contributed by atoms with Gasteiger partial charge in [0.15, 0.2) is 11.3 Å². The molecule has 3 rings (SSSR count). The smallest absolute Gasteiger partial charge is 0.306 e. The Morgan fingerprint density at radius 3 is 2.32 bits per heavy atom. The number of rotatable bonds is 0. The van der Waals surface area contributed by atoms with Gasteiger partial charge in [0.05, 0.1) is 11.6 Å². The van der Waals surface area contributed by atoms with Crippen LogP contribution >= 0.6 is 0 Å². The summed E-state index contributed by atoms with van der Waals surface area (Å²) in [5.41, 5.74) is -4.97. The Bertz CT molecular complexity index is 936. The van der Waals surface area contributed by atoms with Crippen molar-refractivity contribution in [1.82, 2.24) is 19.6 Å². The van der Waals surface area contributed by atoms with Gasteiger partial charge < -0.3 is 4.98 Å². The van der Waals surface area contributed by atoms with Crippen LogP contribution in [0.15, 0.2) is 23.1 Å². The normalized spacial score (nSPS) is 13.2. The van der Waals surface area contributed by atoms with E-state index in [1.807, 2.05) is 4.98 Å². The molecule has 3 aromatic heterocycles. The number of aromatic amines is 1. The Morgan fingerprint density at radius 2 is 1.73 bits per heavy atom. The van der Waals surface area contributed by atoms with Gasteiger partial charge >= 0.3 is 12.4 Å². The molecule has 22 heavy (non-hydrogen) atoms. The Morgan fingerprint density at radius 1 is 1.05 bits per heavy atom.